The number of hydrogen-bond acceptors (Lipinski definition) is 8. The van der Waals surface area contributed by atoms with Gasteiger partial charge in [-0.3, -0.25) is 4.89 Å². The van der Waals surface area contributed by atoms with Gasteiger partial charge in [0.15, 0.2) is 11.5 Å². The quantitative estimate of drug-likeness (QED) is 0.0583. The molecule has 0 radical (unpaired) electrons. The molecular formula is C37H38N2O6. The summed E-state index contributed by atoms with van der Waals surface area (Å²) in [7, 11) is 0. The Labute approximate surface area is 264 Å². The Morgan fingerprint density at radius 1 is 0.578 bits per heavy atom. The average Bonchev–Trinajstić information content (AvgIpc) is 2.96. The third-order valence-corrected chi connectivity index (χ3v) is 8.01. The number of carbonyl (C=O) groups excluding carboxylic acids is 1. The van der Waals surface area contributed by atoms with Crippen LogP contribution in [0.3, 0.4) is 0 Å². The summed E-state index contributed by atoms with van der Waals surface area (Å²) in [5.41, 5.74) is 9.31. The summed E-state index contributed by atoms with van der Waals surface area (Å²) in [6, 6.07) is 16.2. The zero-order valence-electron chi connectivity index (χ0n) is 27.5. The Balaban J connectivity index is 1.61. The van der Waals surface area contributed by atoms with Crippen molar-refractivity contribution in [3.8, 4) is 40.8 Å². The lowest BCUT2D eigenvalue weighted by atomic mass is 9.76. The molecule has 0 heterocycles. The van der Waals surface area contributed by atoms with Crippen LogP contribution in [0.2, 0.25) is 0 Å². The van der Waals surface area contributed by atoms with Crippen molar-refractivity contribution in [1.29, 1.82) is 5.26 Å². The average molecular weight is 607 g/mol. The van der Waals surface area contributed by atoms with Crippen molar-refractivity contribution in [2.75, 3.05) is 0 Å². The SMILES string of the molecule is Cc1cc(Oc2c(C)cc(C(C)(C)c3cc(C)c(Oc4cc(C)c(OOC#N)c(C)c4)c(C)c3)cc2C)cc(C)c1ON=C=O. The molecule has 0 spiro atoms. The van der Waals surface area contributed by atoms with Gasteiger partial charge in [0.25, 0.3) is 6.08 Å². The molecule has 0 N–H and O–H groups in total. The molecule has 4 aromatic carbocycles. The van der Waals surface area contributed by atoms with Crippen molar-refractivity contribution >= 4 is 6.08 Å². The number of nitrogens with zero attached hydrogens (tertiary/aromatic N) is 2. The first kappa shape index (κ1) is 32.7. The topological polar surface area (TPSA) is 99.4 Å². The van der Waals surface area contributed by atoms with E-state index < -0.39 is 0 Å². The van der Waals surface area contributed by atoms with Crippen molar-refractivity contribution in [3.05, 3.63) is 104 Å². The molecule has 4 aromatic rings. The van der Waals surface area contributed by atoms with Gasteiger partial charge in [-0.2, -0.15) is 0 Å². The molecule has 8 nitrogen and oxygen atoms in total. The standard InChI is InChI=1S/C37H38N2O6/c1-21-11-29(12-22(2)33(21)42-31-15-25(5)35(26(6)16-31)44-39-20-40)37(9,10)30-13-23(3)34(24(4)14-30)43-32-17-27(7)36(28(8)18-32)45-41-19-38/h11-18H,1-10H3. The molecule has 0 aliphatic carbocycles. The Kier molecular flexibility index (Phi) is 9.56. The molecular weight excluding hydrogens is 568 g/mol. The fourth-order valence-electron chi connectivity index (χ4n) is 5.69. The van der Waals surface area contributed by atoms with Crippen molar-refractivity contribution in [1.82, 2.24) is 0 Å². The highest BCUT2D eigenvalue weighted by molar-refractivity contribution is 5.55. The first-order chi connectivity index (χ1) is 21.3. The summed E-state index contributed by atoms with van der Waals surface area (Å²) in [6.07, 6.45) is 2.92. The van der Waals surface area contributed by atoms with E-state index in [-0.39, 0.29) is 5.41 Å². The molecule has 4 rings (SSSR count). The molecule has 0 aliphatic rings. The fourth-order valence-corrected chi connectivity index (χ4v) is 5.69. The van der Waals surface area contributed by atoms with E-state index in [1.54, 1.807) is 0 Å². The molecule has 0 bridgehead atoms. The molecule has 232 valence electrons. The first-order valence-corrected chi connectivity index (χ1v) is 14.5. The number of rotatable bonds is 10. The van der Waals surface area contributed by atoms with Crippen LogP contribution in [0.4, 0.5) is 0 Å². The van der Waals surface area contributed by atoms with E-state index in [0.717, 1.165) is 56.0 Å². The minimum atomic E-state index is -0.305. The number of hydrogen-bond donors (Lipinski definition) is 0. The molecule has 0 aromatic heterocycles. The van der Waals surface area contributed by atoms with E-state index in [9.17, 15) is 4.79 Å². The molecule has 0 unspecified atom stereocenters. The van der Waals surface area contributed by atoms with E-state index in [4.69, 9.17) is 24.5 Å². The largest absolute Gasteiger partial charge is 0.457 e. The molecule has 0 saturated carbocycles. The number of benzene rings is 4. The van der Waals surface area contributed by atoms with Gasteiger partial charge < -0.3 is 14.3 Å². The van der Waals surface area contributed by atoms with Gasteiger partial charge in [0.1, 0.15) is 23.0 Å². The van der Waals surface area contributed by atoms with Gasteiger partial charge in [-0.05, 0) is 124 Å². The fraction of sp³-hybridized carbons (Fsp3) is 0.297. The zero-order chi connectivity index (χ0) is 33.1. The highest BCUT2D eigenvalue weighted by Gasteiger charge is 2.27. The minimum absolute atomic E-state index is 0.305. The molecule has 8 heteroatoms. The van der Waals surface area contributed by atoms with Crippen molar-refractivity contribution in [3.63, 3.8) is 0 Å². The maximum atomic E-state index is 10.5. The van der Waals surface area contributed by atoms with Gasteiger partial charge in [0.2, 0.25) is 0 Å². The summed E-state index contributed by atoms with van der Waals surface area (Å²) < 4.78 is 12.8. The monoisotopic (exact) mass is 606 g/mol. The molecule has 0 saturated heterocycles. The second kappa shape index (κ2) is 13.2. The Hall–Kier alpha value is -5.25. The summed E-state index contributed by atoms with van der Waals surface area (Å²) in [4.78, 5) is 25.2. The lowest BCUT2D eigenvalue weighted by molar-refractivity contribution is -0.137. The van der Waals surface area contributed by atoms with E-state index in [1.165, 1.54) is 23.5 Å². The Bertz CT molecular complexity index is 1770. The molecule has 0 atom stereocenters. The predicted molar refractivity (Wildman–Crippen MR) is 172 cm³/mol. The van der Waals surface area contributed by atoms with E-state index >= 15 is 0 Å². The lowest BCUT2D eigenvalue weighted by Gasteiger charge is -2.29. The zero-order valence-corrected chi connectivity index (χ0v) is 27.5. The maximum absolute atomic E-state index is 10.5. The van der Waals surface area contributed by atoms with E-state index in [0.29, 0.717) is 23.0 Å². The Morgan fingerprint density at radius 3 is 1.29 bits per heavy atom. The molecule has 0 fully saturated rings. The van der Waals surface area contributed by atoms with Crippen LogP contribution in [-0.4, -0.2) is 6.08 Å². The van der Waals surface area contributed by atoms with Gasteiger partial charge in [-0.15, -0.1) is 5.26 Å². The van der Waals surface area contributed by atoms with Crippen molar-refractivity contribution < 1.29 is 28.9 Å². The van der Waals surface area contributed by atoms with Gasteiger partial charge >= 0.3 is 6.26 Å². The van der Waals surface area contributed by atoms with Crippen LogP contribution >= 0.6 is 0 Å². The highest BCUT2D eigenvalue weighted by atomic mass is 17.2. The minimum Gasteiger partial charge on any atom is -0.457 e. The number of aryl methyl sites for hydroxylation is 8. The normalized spacial score (nSPS) is 10.9. The molecule has 0 amide bonds. The van der Waals surface area contributed by atoms with Gasteiger partial charge in [0.05, 0.1) is 0 Å². The summed E-state index contributed by atoms with van der Waals surface area (Å²) >= 11 is 0. The van der Waals surface area contributed by atoms with Gasteiger partial charge in [-0.1, -0.05) is 38.1 Å². The third kappa shape index (κ3) is 6.95. The van der Waals surface area contributed by atoms with Crippen LogP contribution < -0.4 is 19.2 Å². The third-order valence-electron chi connectivity index (χ3n) is 8.01. The second-order valence-corrected chi connectivity index (χ2v) is 12.0. The number of isocyanates is 1. The smallest absolute Gasteiger partial charge is 0.338 e. The maximum Gasteiger partial charge on any atom is 0.338 e. The van der Waals surface area contributed by atoms with Gasteiger partial charge in [0, 0.05) is 21.7 Å². The van der Waals surface area contributed by atoms with Crippen LogP contribution in [0.25, 0.3) is 0 Å². The van der Waals surface area contributed by atoms with E-state index in [1.807, 2.05) is 52.0 Å². The Morgan fingerprint density at radius 2 is 0.933 bits per heavy atom. The van der Waals surface area contributed by atoms with E-state index in [2.05, 4.69) is 75.9 Å². The summed E-state index contributed by atoms with van der Waals surface area (Å²) in [5.74, 6) is 3.96. The predicted octanol–water partition coefficient (Wildman–Crippen LogP) is 9.49. The number of ether oxygens (including phenoxy) is 2. The highest BCUT2D eigenvalue weighted by Crippen LogP contribution is 2.41. The second-order valence-electron chi connectivity index (χ2n) is 12.0. The number of nitriles is 1. The molecule has 45 heavy (non-hydrogen) atoms. The lowest BCUT2D eigenvalue weighted by Crippen LogP contribution is -2.20. The van der Waals surface area contributed by atoms with Crippen molar-refractivity contribution in [2.45, 2.75) is 74.7 Å². The van der Waals surface area contributed by atoms with Crippen LogP contribution in [0.1, 0.15) is 69.5 Å². The summed E-state index contributed by atoms with van der Waals surface area (Å²) in [5, 5.41) is 11.9. The van der Waals surface area contributed by atoms with Crippen LogP contribution in [-0.2, 0) is 15.1 Å². The summed E-state index contributed by atoms with van der Waals surface area (Å²) in [6.45, 7) is 20.2. The van der Waals surface area contributed by atoms with Gasteiger partial charge in [-0.25, -0.2) is 9.68 Å². The molecule has 0 aliphatic heterocycles. The van der Waals surface area contributed by atoms with Crippen LogP contribution in [0.15, 0.2) is 53.7 Å². The van der Waals surface area contributed by atoms with Crippen molar-refractivity contribution in [2.24, 2.45) is 5.16 Å². The van der Waals surface area contributed by atoms with Crippen LogP contribution in [0, 0.1) is 66.9 Å². The first-order valence-electron chi connectivity index (χ1n) is 14.5. The van der Waals surface area contributed by atoms with Crippen LogP contribution in [0.5, 0.6) is 34.5 Å².